The molecule has 1 aromatic carbocycles. The Hall–Kier alpha value is -1.01. The lowest BCUT2D eigenvalue weighted by Gasteiger charge is -2.29. The summed E-state index contributed by atoms with van der Waals surface area (Å²) in [6.07, 6.45) is 0.0865. The fourth-order valence-electron chi connectivity index (χ4n) is 1.95. The zero-order valence-corrected chi connectivity index (χ0v) is 11.6. The van der Waals surface area contributed by atoms with Gasteiger partial charge < -0.3 is 21.1 Å². The minimum atomic E-state index is -0.532. The van der Waals surface area contributed by atoms with Gasteiger partial charge in [-0.1, -0.05) is 23.2 Å². The molecular weight excluding hydrogens is 289 g/mol. The van der Waals surface area contributed by atoms with Crippen molar-refractivity contribution in [2.24, 2.45) is 0 Å². The van der Waals surface area contributed by atoms with Crippen molar-refractivity contribution in [3.8, 4) is 0 Å². The average molecular weight is 304 g/mol. The molecule has 2 amide bonds. The third-order valence-corrected chi connectivity index (χ3v) is 3.32. The molecule has 0 radical (unpaired) electrons. The second-order valence-corrected chi connectivity index (χ2v) is 5.30. The van der Waals surface area contributed by atoms with Gasteiger partial charge in [0.2, 0.25) is 0 Å². The second-order valence-electron chi connectivity index (χ2n) is 4.42. The summed E-state index contributed by atoms with van der Waals surface area (Å²) in [6, 6.07) is 4.08. The molecule has 0 saturated carbocycles. The molecule has 0 unspecified atom stereocenters. The van der Waals surface area contributed by atoms with E-state index in [1.807, 2.05) is 0 Å². The number of hydrogen-bond acceptors (Lipinski definition) is 3. The monoisotopic (exact) mass is 303 g/mol. The van der Waals surface area contributed by atoms with Crippen molar-refractivity contribution in [1.82, 2.24) is 10.6 Å². The van der Waals surface area contributed by atoms with Gasteiger partial charge in [0, 0.05) is 22.3 Å². The van der Waals surface area contributed by atoms with Crippen LogP contribution in [-0.2, 0) is 0 Å². The topological polar surface area (TPSA) is 73.4 Å². The van der Waals surface area contributed by atoms with E-state index in [0.717, 1.165) is 6.54 Å². The molecule has 2 atom stereocenters. The minimum absolute atomic E-state index is 0.302. The molecule has 0 aliphatic carbocycles. The average Bonchev–Trinajstić information content (AvgIpc) is 2.30. The Kier molecular flexibility index (Phi) is 4.87. The Bertz CT molecular complexity index is 450. The van der Waals surface area contributed by atoms with Crippen LogP contribution in [-0.4, -0.2) is 36.4 Å². The number of rotatable bonds is 2. The molecule has 1 saturated heterocycles. The van der Waals surface area contributed by atoms with E-state index in [9.17, 15) is 9.90 Å². The molecule has 1 aliphatic heterocycles. The van der Waals surface area contributed by atoms with Crippen LogP contribution >= 0.6 is 23.2 Å². The molecule has 104 valence electrons. The van der Waals surface area contributed by atoms with Crippen molar-refractivity contribution in [3.05, 3.63) is 28.2 Å². The van der Waals surface area contributed by atoms with E-state index in [-0.39, 0.29) is 6.04 Å². The number of benzene rings is 1. The largest absolute Gasteiger partial charge is 0.391 e. The maximum Gasteiger partial charge on any atom is 0.319 e. The lowest BCUT2D eigenvalue weighted by Crippen LogP contribution is -2.54. The Balaban J connectivity index is 1.93. The van der Waals surface area contributed by atoms with Gasteiger partial charge in [0.25, 0.3) is 0 Å². The predicted molar refractivity (Wildman–Crippen MR) is 75.9 cm³/mol. The number of halogens is 2. The zero-order valence-electron chi connectivity index (χ0n) is 10.1. The van der Waals surface area contributed by atoms with Crippen molar-refractivity contribution < 1.29 is 9.90 Å². The van der Waals surface area contributed by atoms with E-state index in [0.29, 0.717) is 28.7 Å². The van der Waals surface area contributed by atoms with Gasteiger partial charge in [-0.05, 0) is 31.2 Å². The fraction of sp³-hybridized carbons (Fsp3) is 0.417. The maximum absolute atomic E-state index is 11.8. The van der Waals surface area contributed by atoms with Crippen LogP contribution in [0.1, 0.15) is 6.42 Å². The van der Waals surface area contributed by atoms with Crippen molar-refractivity contribution in [2.75, 3.05) is 18.4 Å². The van der Waals surface area contributed by atoms with Crippen molar-refractivity contribution in [3.63, 3.8) is 0 Å². The quantitative estimate of drug-likeness (QED) is 0.673. The highest BCUT2D eigenvalue weighted by molar-refractivity contribution is 6.35. The first-order chi connectivity index (χ1) is 9.04. The number of nitrogens with one attached hydrogen (secondary N) is 3. The molecule has 19 heavy (non-hydrogen) atoms. The molecule has 2 rings (SSSR count). The van der Waals surface area contributed by atoms with Crippen LogP contribution in [0, 0.1) is 0 Å². The van der Waals surface area contributed by atoms with Gasteiger partial charge in [-0.25, -0.2) is 4.79 Å². The summed E-state index contributed by atoms with van der Waals surface area (Å²) in [5.74, 6) is 0. The zero-order chi connectivity index (χ0) is 13.8. The number of urea groups is 1. The van der Waals surface area contributed by atoms with E-state index in [1.54, 1.807) is 18.2 Å². The number of carbonyl (C=O) groups excluding carboxylic acids is 1. The van der Waals surface area contributed by atoms with Crippen LogP contribution in [0.3, 0.4) is 0 Å². The third-order valence-electron chi connectivity index (χ3n) is 2.88. The fourth-order valence-corrected chi connectivity index (χ4v) is 2.48. The van der Waals surface area contributed by atoms with Crippen molar-refractivity contribution in [1.29, 1.82) is 0 Å². The third kappa shape index (κ3) is 4.24. The highest BCUT2D eigenvalue weighted by atomic mass is 35.5. The molecule has 0 aromatic heterocycles. The lowest BCUT2D eigenvalue weighted by atomic mass is 10.0. The predicted octanol–water partition coefficient (Wildman–Crippen LogP) is 1.84. The summed E-state index contributed by atoms with van der Waals surface area (Å²) in [6.45, 7) is 1.30. The summed E-state index contributed by atoms with van der Waals surface area (Å²) in [5.41, 5.74) is 0.508. The minimum Gasteiger partial charge on any atom is -0.391 e. The molecule has 1 fully saturated rings. The van der Waals surface area contributed by atoms with Crippen LogP contribution in [0.15, 0.2) is 18.2 Å². The second kappa shape index (κ2) is 6.43. The summed E-state index contributed by atoms with van der Waals surface area (Å²) in [7, 11) is 0. The highest BCUT2D eigenvalue weighted by Gasteiger charge is 2.24. The molecular formula is C12H15Cl2N3O2. The van der Waals surface area contributed by atoms with Gasteiger partial charge in [0.1, 0.15) is 0 Å². The van der Waals surface area contributed by atoms with Gasteiger partial charge in [0.15, 0.2) is 0 Å². The number of amides is 2. The normalized spacial score (nSPS) is 22.9. The molecule has 1 aliphatic rings. The lowest BCUT2D eigenvalue weighted by molar-refractivity contribution is 0.103. The number of aliphatic hydroxyl groups is 1. The Labute approximate surface area is 121 Å². The van der Waals surface area contributed by atoms with Gasteiger partial charge in [-0.3, -0.25) is 0 Å². The summed E-state index contributed by atoms with van der Waals surface area (Å²) in [4.78, 5) is 11.8. The molecule has 5 nitrogen and oxygen atoms in total. The Morgan fingerprint density at radius 1 is 1.32 bits per heavy atom. The van der Waals surface area contributed by atoms with Crippen LogP contribution in [0.5, 0.6) is 0 Å². The summed E-state index contributed by atoms with van der Waals surface area (Å²) < 4.78 is 0. The molecule has 4 N–H and O–H groups in total. The van der Waals surface area contributed by atoms with E-state index in [2.05, 4.69) is 16.0 Å². The number of carbonyl (C=O) groups is 1. The number of piperidine rings is 1. The first-order valence-corrected chi connectivity index (χ1v) is 6.72. The van der Waals surface area contributed by atoms with Gasteiger partial charge in [-0.2, -0.15) is 0 Å². The van der Waals surface area contributed by atoms with Crippen LogP contribution < -0.4 is 16.0 Å². The number of anilines is 1. The molecule has 7 heteroatoms. The highest BCUT2D eigenvalue weighted by Crippen LogP contribution is 2.22. The molecule has 1 heterocycles. The smallest absolute Gasteiger partial charge is 0.319 e. The van der Waals surface area contributed by atoms with Gasteiger partial charge in [0.05, 0.1) is 12.1 Å². The molecule has 1 aromatic rings. The van der Waals surface area contributed by atoms with E-state index < -0.39 is 12.1 Å². The Morgan fingerprint density at radius 2 is 2.00 bits per heavy atom. The molecule has 0 spiro atoms. The summed E-state index contributed by atoms with van der Waals surface area (Å²) >= 11 is 11.7. The maximum atomic E-state index is 11.8. The van der Waals surface area contributed by atoms with Crippen molar-refractivity contribution >= 4 is 34.9 Å². The van der Waals surface area contributed by atoms with Gasteiger partial charge >= 0.3 is 6.03 Å². The van der Waals surface area contributed by atoms with E-state index >= 15 is 0 Å². The SMILES string of the molecule is O=C(Nc1cc(Cl)cc(Cl)c1)N[C@@H]1CNCC[C@H]1O. The molecule has 0 bridgehead atoms. The van der Waals surface area contributed by atoms with Crippen LogP contribution in [0.4, 0.5) is 10.5 Å². The van der Waals surface area contributed by atoms with Crippen LogP contribution in [0.25, 0.3) is 0 Å². The van der Waals surface area contributed by atoms with Gasteiger partial charge in [-0.15, -0.1) is 0 Å². The Morgan fingerprint density at radius 3 is 2.63 bits per heavy atom. The number of hydrogen-bond donors (Lipinski definition) is 4. The number of aliphatic hydroxyl groups excluding tert-OH is 1. The first-order valence-electron chi connectivity index (χ1n) is 5.97. The van der Waals surface area contributed by atoms with E-state index in [4.69, 9.17) is 23.2 Å². The van der Waals surface area contributed by atoms with Crippen molar-refractivity contribution in [2.45, 2.75) is 18.6 Å². The van der Waals surface area contributed by atoms with Crippen LogP contribution in [0.2, 0.25) is 10.0 Å². The van der Waals surface area contributed by atoms with E-state index in [1.165, 1.54) is 0 Å². The first kappa shape index (κ1) is 14.4. The standard InChI is InChI=1S/C12H15Cl2N3O2/c13-7-3-8(14)5-9(4-7)16-12(19)17-10-6-15-2-1-11(10)18/h3-5,10-11,15,18H,1-2,6H2,(H2,16,17,19)/t10-,11-/m1/s1. The summed E-state index contributed by atoms with van der Waals surface area (Å²) in [5, 5.41) is 19.1.